The number of fused-ring (bicyclic) bond motifs is 1. The Morgan fingerprint density at radius 1 is 0.949 bits per heavy atom. The van der Waals surface area contributed by atoms with Crippen molar-refractivity contribution in [3.8, 4) is 11.5 Å². The van der Waals surface area contributed by atoms with Gasteiger partial charge in [0, 0.05) is 35.0 Å². The lowest BCUT2D eigenvalue weighted by atomic mass is 9.82. The first-order valence-electron chi connectivity index (χ1n) is 11.3. The molecule has 0 amide bonds. The predicted molar refractivity (Wildman–Crippen MR) is 134 cm³/mol. The fraction of sp³-hybridized carbons (Fsp3) is 0.250. The second-order valence-corrected chi connectivity index (χ2v) is 12.2. The summed E-state index contributed by atoms with van der Waals surface area (Å²) in [4.78, 5) is -0.172. The van der Waals surface area contributed by atoms with E-state index in [2.05, 4.69) is 5.32 Å². The van der Waals surface area contributed by atoms with Gasteiger partial charge in [-0.25, -0.2) is 43.9 Å². The first-order chi connectivity index (χ1) is 18.2. The highest BCUT2D eigenvalue weighted by atomic mass is 32.2. The number of anilines is 2. The van der Waals surface area contributed by atoms with Crippen LogP contribution < -0.4 is 19.9 Å². The van der Waals surface area contributed by atoms with Crippen molar-refractivity contribution in [3.63, 3.8) is 0 Å². The fourth-order valence-corrected chi connectivity index (χ4v) is 5.63. The maximum absolute atomic E-state index is 14.4. The third kappa shape index (κ3) is 6.25. The van der Waals surface area contributed by atoms with Gasteiger partial charge in [-0.05, 0) is 61.4 Å². The van der Waals surface area contributed by atoms with Gasteiger partial charge in [0.1, 0.15) is 11.6 Å². The minimum Gasteiger partial charge on any atom is -0.454 e. The number of halogens is 5. The molecule has 39 heavy (non-hydrogen) atoms. The van der Waals surface area contributed by atoms with Crippen molar-refractivity contribution in [2.75, 3.05) is 10.0 Å². The lowest BCUT2D eigenvalue weighted by Gasteiger charge is -2.33. The van der Waals surface area contributed by atoms with Gasteiger partial charge < -0.3 is 10.1 Å². The largest absolute Gasteiger partial charge is 0.454 e. The molecule has 1 heterocycles. The Hall–Kier alpha value is -3.43. The summed E-state index contributed by atoms with van der Waals surface area (Å²) in [5.41, 5.74) is -2.64. The number of hydrogen-bond donors (Lipinski definition) is 3. The van der Waals surface area contributed by atoms with Crippen LogP contribution in [0.15, 0.2) is 59.5 Å². The Morgan fingerprint density at radius 2 is 1.64 bits per heavy atom. The molecule has 0 bridgehead atoms. The maximum atomic E-state index is 14.4. The topological polar surface area (TPSA) is 128 Å². The molecule has 1 aliphatic heterocycles. The molecule has 8 nitrogen and oxygen atoms in total. The van der Waals surface area contributed by atoms with Gasteiger partial charge in [0.05, 0.1) is 4.90 Å². The summed E-state index contributed by atoms with van der Waals surface area (Å²) in [6, 6.07) is 9.92. The molecule has 0 aliphatic carbocycles. The highest BCUT2D eigenvalue weighted by Crippen LogP contribution is 2.45. The van der Waals surface area contributed by atoms with Gasteiger partial charge in [-0.3, -0.25) is 4.72 Å². The Balaban J connectivity index is 1.85. The maximum Gasteiger partial charge on any atom is 0.285 e. The molecule has 15 heteroatoms. The Labute approximate surface area is 221 Å². The number of rotatable bonds is 8. The minimum atomic E-state index is -5.14. The van der Waals surface area contributed by atoms with Crippen LogP contribution in [0.4, 0.5) is 33.3 Å². The Bertz CT molecular complexity index is 1620. The molecule has 0 radical (unpaired) electrons. The van der Waals surface area contributed by atoms with Crippen LogP contribution >= 0.6 is 0 Å². The van der Waals surface area contributed by atoms with Crippen LogP contribution in [-0.4, -0.2) is 34.8 Å². The highest BCUT2D eigenvalue weighted by molar-refractivity contribution is 7.93. The van der Waals surface area contributed by atoms with Gasteiger partial charge in [-0.15, -0.1) is 0 Å². The van der Waals surface area contributed by atoms with Crippen molar-refractivity contribution in [2.45, 2.75) is 42.1 Å². The summed E-state index contributed by atoms with van der Waals surface area (Å²) in [5.74, 6) is -2.88. The van der Waals surface area contributed by atoms with E-state index in [1.807, 2.05) is 0 Å². The molecule has 1 aliphatic rings. The van der Waals surface area contributed by atoms with Crippen LogP contribution in [-0.2, 0) is 20.0 Å². The van der Waals surface area contributed by atoms with Gasteiger partial charge in [-0.2, -0.15) is 0 Å². The molecule has 4 N–H and O–H groups in total. The number of sulfonamides is 2. The molecular formula is C24H22F5N3O5S2. The van der Waals surface area contributed by atoms with Crippen molar-refractivity contribution >= 4 is 31.4 Å². The normalized spacial score (nSPS) is 18.3. The lowest BCUT2D eigenvalue weighted by Crippen LogP contribution is -2.30. The van der Waals surface area contributed by atoms with Gasteiger partial charge in [-0.1, -0.05) is 6.07 Å². The standard InChI is InChI=1S/C24H22F5N3O5S2/c1-12-8-17(16-5-4-15(38(30,33)34)11-20(16)31-12)18-10-14(32-39(35,36)24(29)23(27)28)3-7-21(18)37-22-6-2-13(25)9-19(22)26/h2-7,9-12,17,23-24,31-32H,8H2,1H3,(H2,30,33,34). The third-order valence-electron chi connectivity index (χ3n) is 5.97. The molecule has 4 rings (SSSR count). The van der Waals surface area contributed by atoms with E-state index in [1.54, 1.807) is 11.6 Å². The zero-order chi connectivity index (χ0) is 28.7. The summed E-state index contributed by atoms with van der Waals surface area (Å²) in [6.07, 6.45) is -3.46. The van der Waals surface area contributed by atoms with E-state index in [9.17, 15) is 38.8 Å². The van der Waals surface area contributed by atoms with Crippen molar-refractivity contribution in [3.05, 3.63) is 77.4 Å². The van der Waals surface area contributed by atoms with E-state index in [-0.39, 0.29) is 33.7 Å². The molecule has 0 fully saturated rings. The number of hydrogen-bond acceptors (Lipinski definition) is 6. The van der Waals surface area contributed by atoms with Crippen molar-refractivity contribution in [1.82, 2.24) is 0 Å². The van der Waals surface area contributed by atoms with Crippen LogP contribution in [0.5, 0.6) is 11.5 Å². The van der Waals surface area contributed by atoms with E-state index >= 15 is 0 Å². The van der Waals surface area contributed by atoms with Gasteiger partial charge in [0.25, 0.3) is 22.0 Å². The van der Waals surface area contributed by atoms with Crippen LogP contribution in [0.2, 0.25) is 0 Å². The van der Waals surface area contributed by atoms with Crippen LogP contribution in [0.1, 0.15) is 30.4 Å². The lowest BCUT2D eigenvalue weighted by molar-refractivity contribution is 0.0906. The average molecular weight is 592 g/mol. The van der Waals surface area contributed by atoms with E-state index in [0.29, 0.717) is 23.7 Å². The SMILES string of the molecule is CC1CC(c2cc(NS(=O)(=O)C(F)C(F)F)ccc2Oc2ccc(F)cc2F)c2ccc(S(N)(=O)=O)cc2N1. The van der Waals surface area contributed by atoms with Gasteiger partial charge in [0.15, 0.2) is 11.6 Å². The van der Waals surface area contributed by atoms with Crippen LogP contribution in [0, 0.1) is 11.6 Å². The van der Waals surface area contributed by atoms with E-state index in [1.165, 1.54) is 30.3 Å². The van der Waals surface area contributed by atoms with E-state index in [4.69, 9.17) is 9.88 Å². The molecular weight excluding hydrogens is 569 g/mol. The van der Waals surface area contributed by atoms with Crippen molar-refractivity contribution in [1.29, 1.82) is 0 Å². The summed E-state index contributed by atoms with van der Waals surface area (Å²) in [7, 11) is -9.18. The predicted octanol–water partition coefficient (Wildman–Crippen LogP) is 5.04. The first-order valence-corrected chi connectivity index (χ1v) is 14.4. The summed E-state index contributed by atoms with van der Waals surface area (Å²) in [6.45, 7) is 1.78. The third-order valence-corrected chi connectivity index (χ3v) is 8.20. The molecule has 3 unspecified atom stereocenters. The highest BCUT2D eigenvalue weighted by Gasteiger charge is 2.35. The molecule has 0 aromatic heterocycles. The van der Waals surface area contributed by atoms with Crippen molar-refractivity contribution in [2.24, 2.45) is 5.14 Å². The zero-order valence-corrected chi connectivity index (χ0v) is 21.7. The number of alkyl halides is 3. The summed E-state index contributed by atoms with van der Waals surface area (Å²) >= 11 is 0. The number of nitrogens with one attached hydrogen (secondary N) is 2. The quantitative estimate of drug-likeness (QED) is 0.315. The fourth-order valence-electron chi connectivity index (χ4n) is 4.25. The second-order valence-electron chi connectivity index (χ2n) is 8.89. The van der Waals surface area contributed by atoms with Crippen LogP contribution in [0.3, 0.4) is 0 Å². The molecule has 3 aromatic rings. The Morgan fingerprint density at radius 3 is 2.28 bits per heavy atom. The number of primary sulfonamides is 1. The molecule has 0 saturated carbocycles. The molecule has 0 spiro atoms. The number of benzene rings is 3. The summed E-state index contributed by atoms with van der Waals surface area (Å²) in [5, 5.41) is 8.37. The molecule has 210 valence electrons. The molecule has 0 saturated heterocycles. The monoisotopic (exact) mass is 591 g/mol. The molecule has 3 atom stereocenters. The Kier molecular flexibility index (Phi) is 7.78. The second kappa shape index (κ2) is 10.6. The van der Waals surface area contributed by atoms with Gasteiger partial charge in [0.2, 0.25) is 10.0 Å². The number of ether oxygens (including phenoxy) is 1. The van der Waals surface area contributed by atoms with Gasteiger partial charge >= 0.3 is 0 Å². The molecule has 3 aromatic carbocycles. The first kappa shape index (κ1) is 28.6. The van der Waals surface area contributed by atoms with Crippen LogP contribution in [0.25, 0.3) is 0 Å². The number of nitrogens with two attached hydrogens (primary N) is 1. The summed E-state index contributed by atoms with van der Waals surface area (Å²) < 4.78 is 122. The van der Waals surface area contributed by atoms with E-state index < -0.39 is 49.5 Å². The van der Waals surface area contributed by atoms with Crippen molar-refractivity contribution < 1.29 is 43.5 Å². The van der Waals surface area contributed by atoms with E-state index in [0.717, 1.165) is 18.2 Å². The minimum absolute atomic E-state index is 0.00492. The average Bonchev–Trinajstić information content (AvgIpc) is 2.84. The zero-order valence-electron chi connectivity index (χ0n) is 20.0. The smallest absolute Gasteiger partial charge is 0.285 e.